The van der Waals surface area contributed by atoms with E-state index in [4.69, 9.17) is 0 Å². The van der Waals surface area contributed by atoms with Crippen LogP contribution < -0.4 is 0 Å². The number of hydrogen-bond acceptors (Lipinski definition) is 2. The lowest BCUT2D eigenvalue weighted by atomic mass is 9.98. The Bertz CT molecular complexity index is 492. The summed E-state index contributed by atoms with van der Waals surface area (Å²) >= 11 is 0. The minimum Gasteiger partial charge on any atom is -0.387 e. The first kappa shape index (κ1) is 19.7. The predicted octanol–water partition coefficient (Wildman–Crippen LogP) is 5.12. The van der Waals surface area contributed by atoms with Crippen LogP contribution in [0.5, 0.6) is 0 Å². The SMILES string of the molecule is C/C=C\CC/C=C(\C)C(O)C(C)N(CC)C(C)c1ccccc1. The summed E-state index contributed by atoms with van der Waals surface area (Å²) in [6.07, 6.45) is 8.00. The Morgan fingerprint density at radius 2 is 1.83 bits per heavy atom. The highest BCUT2D eigenvalue weighted by Crippen LogP contribution is 2.25. The van der Waals surface area contributed by atoms with Crippen molar-refractivity contribution in [3.05, 3.63) is 59.7 Å². The molecule has 0 aromatic heterocycles. The maximum Gasteiger partial charge on any atom is 0.0900 e. The second-order valence-electron chi connectivity index (χ2n) is 6.20. The highest BCUT2D eigenvalue weighted by molar-refractivity contribution is 5.19. The Balaban J connectivity index is 2.76. The van der Waals surface area contributed by atoms with Crippen LogP contribution in [0, 0.1) is 0 Å². The minimum atomic E-state index is -0.424. The molecular weight excluding hydrogens is 282 g/mol. The highest BCUT2D eigenvalue weighted by atomic mass is 16.3. The smallest absolute Gasteiger partial charge is 0.0900 e. The summed E-state index contributed by atoms with van der Waals surface area (Å²) in [5.74, 6) is 0. The molecule has 0 saturated heterocycles. The maximum absolute atomic E-state index is 10.7. The monoisotopic (exact) mass is 315 g/mol. The topological polar surface area (TPSA) is 23.5 Å². The second kappa shape index (κ2) is 10.4. The molecule has 0 heterocycles. The van der Waals surface area contributed by atoms with Crippen molar-refractivity contribution in [3.8, 4) is 0 Å². The molecule has 2 heteroatoms. The summed E-state index contributed by atoms with van der Waals surface area (Å²) < 4.78 is 0. The van der Waals surface area contributed by atoms with Crippen LogP contribution in [-0.2, 0) is 0 Å². The Hall–Kier alpha value is -1.38. The third-order valence-electron chi connectivity index (χ3n) is 4.63. The summed E-state index contributed by atoms with van der Waals surface area (Å²) in [4.78, 5) is 2.36. The fraction of sp³-hybridized carbons (Fsp3) is 0.524. The lowest BCUT2D eigenvalue weighted by Crippen LogP contribution is -2.43. The molecule has 0 aliphatic carbocycles. The minimum absolute atomic E-state index is 0.0909. The van der Waals surface area contributed by atoms with Gasteiger partial charge in [-0.2, -0.15) is 0 Å². The number of allylic oxidation sites excluding steroid dienone is 3. The fourth-order valence-corrected chi connectivity index (χ4v) is 3.09. The average molecular weight is 316 g/mol. The van der Waals surface area contributed by atoms with Crippen LogP contribution in [0.3, 0.4) is 0 Å². The average Bonchev–Trinajstić information content (AvgIpc) is 2.59. The van der Waals surface area contributed by atoms with Crippen molar-refractivity contribution in [2.24, 2.45) is 0 Å². The van der Waals surface area contributed by atoms with Crippen LogP contribution in [0.1, 0.15) is 59.1 Å². The quantitative estimate of drug-likeness (QED) is 0.505. The number of benzene rings is 1. The first-order valence-corrected chi connectivity index (χ1v) is 8.79. The van der Waals surface area contributed by atoms with Crippen LogP contribution >= 0.6 is 0 Å². The molecule has 0 bridgehead atoms. The van der Waals surface area contributed by atoms with Gasteiger partial charge >= 0.3 is 0 Å². The lowest BCUT2D eigenvalue weighted by molar-refractivity contribution is 0.0599. The third-order valence-corrected chi connectivity index (χ3v) is 4.63. The van der Waals surface area contributed by atoms with E-state index in [9.17, 15) is 5.11 Å². The van der Waals surface area contributed by atoms with Crippen molar-refractivity contribution < 1.29 is 5.11 Å². The molecule has 2 nitrogen and oxygen atoms in total. The number of likely N-dealkylation sites (N-methyl/N-ethyl adjacent to an activating group) is 1. The zero-order chi connectivity index (χ0) is 17.2. The van der Waals surface area contributed by atoms with Gasteiger partial charge in [-0.3, -0.25) is 4.90 Å². The van der Waals surface area contributed by atoms with Gasteiger partial charge in [0.1, 0.15) is 0 Å². The summed E-state index contributed by atoms with van der Waals surface area (Å²) in [7, 11) is 0. The van der Waals surface area contributed by atoms with E-state index >= 15 is 0 Å². The largest absolute Gasteiger partial charge is 0.387 e. The molecule has 0 fully saturated rings. The lowest BCUT2D eigenvalue weighted by Gasteiger charge is -2.36. The van der Waals surface area contributed by atoms with E-state index in [1.165, 1.54) is 5.56 Å². The number of aliphatic hydroxyl groups excluding tert-OH is 1. The number of nitrogens with zero attached hydrogens (tertiary/aromatic N) is 1. The molecule has 1 N–H and O–H groups in total. The van der Waals surface area contributed by atoms with Crippen LogP contribution in [0.2, 0.25) is 0 Å². The van der Waals surface area contributed by atoms with Crippen molar-refractivity contribution in [3.63, 3.8) is 0 Å². The molecule has 0 saturated carbocycles. The highest BCUT2D eigenvalue weighted by Gasteiger charge is 2.26. The molecule has 1 aromatic rings. The molecule has 0 aliphatic heterocycles. The van der Waals surface area contributed by atoms with Crippen LogP contribution in [0.15, 0.2) is 54.1 Å². The van der Waals surface area contributed by atoms with Crippen LogP contribution in [0.25, 0.3) is 0 Å². The van der Waals surface area contributed by atoms with E-state index in [0.717, 1.165) is 25.0 Å². The third kappa shape index (κ3) is 5.96. The molecule has 1 aromatic carbocycles. The molecule has 1 rings (SSSR count). The summed E-state index contributed by atoms with van der Waals surface area (Å²) in [6, 6.07) is 10.9. The number of rotatable bonds is 9. The van der Waals surface area contributed by atoms with Gasteiger partial charge in [-0.25, -0.2) is 0 Å². The zero-order valence-electron chi connectivity index (χ0n) is 15.4. The van der Waals surface area contributed by atoms with Crippen LogP contribution in [0.4, 0.5) is 0 Å². The maximum atomic E-state index is 10.7. The van der Waals surface area contributed by atoms with Crippen molar-refractivity contribution in [2.75, 3.05) is 6.54 Å². The molecule has 3 unspecified atom stereocenters. The van der Waals surface area contributed by atoms with Crippen molar-refractivity contribution in [1.82, 2.24) is 4.90 Å². The second-order valence-corrected chi connectivity index (χ2v) is 6.20. The Kier molecular flexibility index (Phi) is 8.90. The molecule has 3 atom stereocenters. The van der Waals surface area contributed by atoms with E-state index in [0.29, 0.717) is 6.04 Å². The number of unbranched alkanes of at least 4 members (excludes halogenated alkanes) is 1. The van der Waals surface area contributed by atoms with Crippen molar-refractivity contribution >= 4 is 0 Å². The first-order chi connectivity index (χ1) is 11.0. The molecular formula is C21H33NO. The molecule has 0 radical (unpaired) electrons. The number of aliphatic hydroxyl groups is 1. The van der Waals surface area contributed by atoms with E-state index in [2.05, 4.69) is 68.2 Å². The molecule has 128 valence electrons. The number of hydrogen-bond donors (Lipinski definition) is 1. The summed E-state index contributed by atoms with van der Waals surface area (Å²) in [6.45, 7) is 11.5. The van der Waals surface area contributed by atoms with Gasteiger partial charge in [0.2, 0.25) is 0 Å². The van der Waals surface area contributed by atoms with Gasteiger partial charge in [-0.1, -0.05) is 55.5 Å². The molecule has 0 aliphatic rings. The van der Waals surface area contributed by atoms with E-state index in [1.54, 1.807) is 0 Å². The van der Waals surface area contributed by atoms with Gasteiger partial charge in [-0.05, 0) is 58.2 Å². The van der Waals surface area contributed by atoms with Gasteiger partial charge in [0.25, 0.3) is 0 Å². The summed E-state index contributed by atoms with van der Waals surface area (Å²) in [5.41, 5.74) is 2.36. The van der Waals surface area contributed by atoms with Gasteiger partial charge in [-0.15, -0.1) is 0 Å². The summed E-state index contributed by atoms with van der Waals surface area (Å²) in [5, 5.41) is 10.7. The molecule has 0 spiro atoms. The van der Waals surface area contributed by atoms with Gasteiger partial charge < -0.3 is 5.11 Å². The Morgan fingerprint density at radius 3 is 2.39 bits per heavy atom. The van der Waals surface area contributed by atoms with E-state index in [1.807, 2.05) is 19.9 Å². The molecule has 23 heavy (non-hydrogen) atoms. The standard InChI is InChI=1S/C21H33NO/c1-6-8-9-11-14-17(3)21(23)19(5)22(7-2)18(4)20-15-12-10-13-16-20/h6,8,10,12-16,18-19,21,23H,7,9,11H2,1-5H3/b8-6-,17-14+. The van der Waals surface area contributed by atoms with E-state index < -0.39 is 6.10 Å². The normalized spacial score (nSPS) is 16.7. The van der Waals surface area contributed by atoms with Gasteiger partial charge in [0, 0.05) is 12.1 Å². The van der Waals surface area contributed by atoms with Gasteiger partial charge in [0.15, 0.2) is 0 Å². The van der Waals surface area contributed by atoms with E-state index in [-0.39, 0.29) is 6.04 Å². The Morgan fingerprint density at radius 1 is 1.17 bits per heavy atom. The first-order valence-electron chi connectivity index (χ1n) is 8.79. The molecule has 0 amide bonds. The fourth-order valence-electron chi connectivity index (χ4n) is 3.09. The van der Waals surface area contributed by atoms with Crippen molar-refractivity contribution in [2.45, 2.75) is 65.6 Å². The van der Waals surface area contributed by atoms with Crippen LogP contribution in [-0.4, -0.2) is 28.7 Å². The predicted molar refractivity (Wildman–Crippen MR) is 101 cm³/mol. The Labute approximate surface area is 142 Å². The van der Waals surface area contributed by atoms with Gasteiger partial charge in [0.05, 0.1) is 6.10 Å². The van der Waals surface area contributed by atoms with Crippen molar-refractivity contribution in [1.29, 1.82) is 0 Å². The zero-order valence-corrected chi connectivity index (χ0v) is 15.4.